The molecule has 1 atom stereocenters. The van der Waals surface area contributed by atoms with Gasteiger partial charge in [0.25, 0.3) is 0 Å². The second-order valence-electron chi connectivity index (χ2n) is 6.56. The van der Waals surface area contributed by atoms with Crippen LogP contribution in [0.4, 0.5) is 4.39 Å². The van der Waals surface area contributed by atoms with Crippen LogP contribution in [0, 0.1) is 5.82 Å². The van der Waals surface area contributed by atoms with Crippen molar-refractivity contribution in [3.63, 3.8) is 0 Å². The summed E-state index contributed by atoms with van der Waals surface area (Å²) in [5.41, 5.74) is 1.10. The van der Waals surface area contributed by atoms with E-state index in [1.165, 1.54) is 24.3 Å². The van der Waals surface area contributed by atoms with E-state index in [9.17, 15) is 4.39 Å². The van der Waals surface area contributed by atoms with Crippen LogP contribution in [0.3, 0.4) is 0 Å². The van der Waals surface area contributed by atoms with Crippen LogP contribution in [-0.4, -0.2) is 68.8 Å². The predicted molar refractivity (Wildman–Crippen MR) is 113 cm³/mol. The minimum atomic E-state index is -0.205. The van der Waals surface area contributed by atoms with Gasteiger partial charge in [-0.3, -0.25) is 9.89 Å². The van der Waals surface area contributed by atoms with Crippen molar-refractivity contribution in [2.75, 3.05) is 57.9 Å². The maximum atomic E-state index is 13.4. The van der Waals surface area contributed by atoms with E-state index in [1.807, 2.05) is 23.9 Å². The minimum Gasteiger partial charge on any atom is -0.379 e. The van der Waals surface area contributed by atoms with Gasteiger partial charge in [0.05, 0.1) is 25.8 Å². The number of nitrogens with zero attached hydrogens (tertiary/aromatic N) is 2. The number of rotatable bonds is 10. The molecule has 1 aromatic rings. The second kappa shape index (κ2) is 13.0. The Kier molecular flexibility index (Phi) is 10.6. The summed E-state index contributed by atoms with van der Waals surface area (Å²) in [7, 11) is 0. The number of hydrogen-bond acceptors (Lipinski definition) is 4. The molecule has 0 amide bonds. The van der Waals surface area contributed by atoms with Crippen LogP contribution in [0.15, 0.2) is 29.3 Å². The number of thioether (sulfide) groups is 1. The molecule has 5 nitrogen and oxygen atoms in total. The van der Waals surface area contributed by atoms with Crippen LogP contribution in [0.5, 0.6) is 0 Å². The number of benzene rings is 1. The lowest BCUT2D eigenvalue weighted by atomic mass is 10.0. The molecule has 1 fully saturated rings. The maximum absolute atomic E-state index is 13.4. The van der Waals surface area contributed by atoms with E-state index in [2.05, 4.69) is 28.7 Å². The Morgan fingerprint density at radius 3 is 2.63 bits per heavy atom. The van der Waals surface area contributed by atoms with Gasteiger partial charge in [0.1, 0.15) is 5.82 Å². The van der Waals surface area contributed by atoms with Crippen molar-refractivity contribution < 1.29 is 9.13 Å². The molecule has 152 valence electrons. The number of ether oxygens (including phenoxy) is 1. The summed E-state index contributed by atoms with van der Waals surface area (Å²) >= 11 is 1.88. The molecule has 1 aliphatic heterocycles. The van der Waals surface area contributed by atoms with Crippen LogP contribution in [-0.2, 0) is 4.74 Å². The van der Waals surface area contributed by atoms with Gasteiger partial charge in [-0.1, -0.05) is 12.1 Å². The lowest BCUT2D eigenvalue weighted by molar-refractivity contribution is 0.0179. The Bertz CT molecular complexity index is 549. The summed E-state index contributed by atoms with van der Waals surface area (Å²) in [6, 6.07) is 6.92. The van der Waals surface area contributed by atoms with Crippen molar-refractivity contribution in [3.8, 4) is 0 Å². The molecule has 2 rings (SSSR count). The largest absolute Gasteiger partial charge is 0.379 e. The number of aliphatic imine (C=N–C) groups is 1. The third kappa shape index (κ3) is 8.07. The normalized spacial score (nSPS) is 16.9. The lowest BCUT2D eigenvalue weighted by Gasteiger charge is -2.34. The number of guanidine groups is 1. The van der Waals surface area contributed by atoms with E-state index < -0.39 is 0 Å². The second-order valence-corrected chi connectivity index (χ2v) is 7.55. The summed E-state index contributed by atoms with van der Waals surface area (Å²) in [6.07, 6.45) is 4.48. The zero-order valence-electron chi connectivity index (χ0n) is 16.5. The van der Waals surface area contributed by atoms with E-state index in [-0.39, 0.29) is 11.9 Å². The fourth-order valence-electron chi connectivity index (χ4n) is 3.10. The van der Waals surface area contributed by atoms with Gasteiger partial charge < -0.3 is 15.4 Å². The van der Waals surface area contributed by atoms with E-state index >= 15 is 0 Å². The molecule has 27 heavy (non-hydrogen) atoms. The molecule has 1 aliphatic rings. The summed E-state index contributed by atoms with van der Waals surface area (Å²) in [6.45, 7) is 7.66. The molecule has 0 radical (unpaired) electrons. The molecule has 1 heterocycles. The Labute approximate surface area is 167 Å². The van der Waals surface area contributed by atoms with Gasteiger partial charge in [0.15, 0.2) is 5.96 Å². The summed E-state index contributed by atoms with van der Waals surface area (Å²) in [4.78, 5) is 7.20. The number of unbranched alkanes of at least 4 members (excludes halogenated alkanes) is 1. The topological polar surface area (TPSA) is 48.9 Å². The van der Waals surface area contributed by atoms with Gasteiger partial charge in [0, 0.05) is 26.2 Å². The van der Waals surface area contributed by atoms with Crippen LogP contribution in [0.25, 0.3) is 0 Å². The van der Waals surface area contributed by atoms with Crippen molar-refractivity contribution >= 4 is 17.7 Å². The number of hydrogen-bond donors (Lipinski definition) is 2. The van der Waals surface area contributed by atoms with Crippen molar-refractivity contribution in [3.05, 3.63) is 35.6 Å². The SMILES string of the molecule is CCNC(=NCC(c1ccc(F)cc1)N1CCOCC1)NCCCCSC. The first kappa shape index (κ1) is 22.0. The summed E-state index contributed by atoms with van der Waals surface area (Å²) in [5, 5.41) is 6.75. The number of halogens is 1. The van der Waals surface area contributed by atoms with Crippen LogP contribution in [0.2, 0.25) is 0 Å². The summed E-state index contributed by atoms with van der Waals surface area (Å²) < 4.78 is 18.8. The Morgan fingerprint density at radius 1 is 1.22 bits per heavy atom. The van der Waals surface area contributed by atoms with Crippen LogP contribution < -0.4 is 10.6 Å². The fraction of sp³-hybridized carbons (Fsp3) is 0.650. The third-order valence-electron chi connectivity index (χ3n) is 4.58. The molecule has 1 unspecified atom stereocenters. The first-order valence-corrected chi connectivity index (χ1v) is 11.2. The Morgan fingerprint density at radius 2 is 1.96 bits per heavy atom. The average Bonchev–Trinajstić information content (AvgIpc) is 2.70. The molecule has 0 saturated carbocycles. The van der Waals surface area contributed by atoms with Gasteiger partial charge in [-0.2, -0.15) is 11.8 Å². The van der Waals surface area contributed by atoms with E-state index in [0.717, 1.165) is 57.3 Å². The first-order chi connectivity index (χ1) is 13.2. The van der Waals surface area contributed by atoms with Crippen molar-refractivity contribution in [1.29, 1.82) is 0 Å². The fourth-order valence-corrected chi connectivity index (χ4v) is 3.60. The number of morpholine rings is 1. The third-order valence-corrected chi connectivity index (χ3v) is 5.27. The molecule has 1 saturated heterocycles. The molecular weight excluding hydrogens is 363 g/mol. The van der Waals surface area contributed by atoms with Gasteiger partial charge in [-0.05, 0) is 49.5 Å². The molecule has 7 heteroatoms. The first-order valence-electron chi connectivity index (χ1n) is 9.83. The zero-order valence-corrected chi connectivity index (χ0v) is 17.4. The molecule has 0 spiro atoms. The highest BCUT2D eigenvalue weighted by Gasteiger charge is 2.22. The highest BCUT2D eigenvalue weighted by atomic mass is 32.2. The maximum Gasteiger partial charge on any atom is 0.191 e. The molecule has 0 aliphatic carbocycles. The Balaban J connectivity index is 2.01. The predicted octanol–water partition coefficient (Wildman–Crippen LogP) is 2.90. The van der Waals surface area contributed by atoms with E-state index in [0.29, 0.717) is 6.54 Å². The van der Waals surface area contributed by atoms with Crippen molar-refractivity contribution in [2.24, 2.45) is 4.99 Å². The van der Waals surface area contributed by atoms with Gasteiger partial charge >= 0.3 is 0 Å². The van der Waals surface area contributed by atoms with Crippen molar-refractivity contribution in [2.45, 2.75) is 25.8 Å². The van der Waals surface area contributed by atoms with E-state index in [4.69, 9.17) is 9.73 Å². The lowest BCUT2D eigenvalue weighted by Crippen LogP contribution is -2.42. The summed E-state index contributed by atoms with van der Waals surface area (Å²) in [5.74, 6) is 1.84. The quantitative estimate of drug-likeness (QED) is 0.362. The average molecular weight is 397 g/mol. The standard InChI is InChI=1S/C20H33FN4OS/c1-3-22-20(23-10-4-5-15-27-2)24-16-19(25-11-13-26-14-12-25)17-6-8-18(21)9-7-17/h6-9,19H,3-5,10-16H2,1-2H3,(H2,22,23,24). The molecule has 0 bridgehead atoms. The highest BCUT2D eigenvalue weighted by molar-refractivity contribution is 7.98. The highest BCUT2D eigenvalue weighted by Crippen LogP contribution is 2.22. The molecular formula is C20H33FN4OS. The monoisotopic (exact) mass is 396 g/mol. The Hall–Kier alpha value is -1.31. The molecule has 1 aromatic carbocycles. The minimum absolute atomic E-state index is 0.126. The number of nitrogens with one attached hydrogen (secondary N) is 2. The van der Waals surface area contributed by atoms with Gasteiger partial charge in [-0.15, -0.1) is 0 Å². The van der Waals surface area contributed by atoms with Crippen LogP contribution in [0.1, 0.15) is 31.4 Å². The van der Waals surface area contributed by atoms with Gasteiger partial charge in [-0.25, -0.2) is 4.39 Å². The zero-order chi connectivity index (χ0) is 19.3. The van der Waals surface area contributed by atoms with Crippen LogP contribution >= 0.6 is 11.8 Å². The molecule has 2 N–H and O–H groups in total. The van der Waals surface area contributed by atoms with Gasteiger partial charge in [0.2, 0.25) is 0 Å². The molecule has 0 aromatic heterocycles. The van der Waals surface area contributed by atoms with Crippen molar-refractivity contribution in [1.82, 2.24) is 15.5 Å². The van der Waals surface area contributed by atoms with E-state index in [1.54, 1.807) is 0 Å². The smallest absolute Gasteiger partial charge is 0.191 e.